The summed E-state index contributed by atoms with van der Waals surface area (Å²) in [5.41, 5.74) is 0.176. The molecule has 3 atom stereocenters. The van der Waals surface area contributed by atoms with Gasteiger partial charge in [0.25, 0.3) is 0 Å². The summed E-state index contributed by atoms with van der Waals surface area (Å²) in [6, 6.07) is 9.49. The maximum absolute atomic E-state index is 14.2. The number of nitrogens with zero attached hydrogens (tertiary/aromatic N) is 1. The van der Waals surface area contributed by atoms with Crippen LogP contribution >= 0.6 is 27.5 Å². The highest BCUT2D eigenvalue weighted by molar-refractivity contribution is 9.10. The molecule has 142 valence electrons. The van der Waals surface area contributed by atoms with Crippen LogP contribution in [-0.2, 0) is 12.0 Å². The minimum absolute atomic E-state index is 0.00299. The van der Waals surface area contributed by atoms with Crippen molar-refractivity contribution in [2.45, 2.75) is 30.7 Å². The summed E-state index contributed by atoms with van der Waals surface area (Å²) in [6.45, 7) is -0.218. The second-order valence-corrected chi connectivity index (χ2v) is 7.95. The molecule has 2 aromatic carbocycles. The standard InChI is InChI=1S/C19H15BrClF2NO3/c20-16-12-8-19(10-4-2-1-3-5-10,27-14(12)7-13(23)17(16)21)15-6-11(22)9-24(15)18(25)26/h1-5,7,11,15H,6,8-9H2,(H,25,26)/t11-,15+,19?/m1/s1. The van der Waals surface area contributed by atoms with E-state index in [-0.39, 0.29) is 30.2 Å². The van der Waals surface area contributed by atoms with Gasteiger partial charge in [0.1, 0.15) is 17.7 Å². The normalized spacial score (nSPS) is 26.7. The van der Waals surface area contributed by atoms with E-state index in [1.54, 1.807) is 12.1 Å². The smallest absolute Gasteiger partial charge is 0.407 e. The molecule has 2 aliphatic heterocycles. The molecule has 27 heavy (non-hydrogen) atoms. The van der Waals surface area contributed by atoms with Gasteiger partial charge in [-0.2, -0.15) is 0 Å². The number of fused-ring (bicyclic) bond motifs is 1. The second-order valence-electron chi connectivity index (χ2n) is 6.78. The lowest BCUT2D eigenvalue weighted by atomic mass is 9.81. The van der Waals surface area contributed by atoms with Gasteiger partial charge in [-0.05, 0) is 21.5 Å². The Bertz CT molecular complexity index is 914. The van der Waals surface area contributed by atoms with Crippen LogP contribution in [0.3, 0.4) is 0 Å². The molecule has 4 nitrogen and oxygen atoms in total. The van der Waals surface area contributed by atoms with Crippen LogP contribution in [0.5, 0.6) is 5.75 Å². The van der Waals surface area contributed by atoms with Crippen molar-refractivity contribution in [1.29, 1.82) is 0 Å². The van der Waals surface area contributed by atoms with Crippen LogP contribution in [0.25, 0.3) is 0 Å². The first-order chi connectivity index (χ1) is 12.8. The van der Waals surface area contributed by atoms with E-state index < -0.39 is 29.7 Å². The molecule has 2 aliphatic rings. The van der Waals surface area contributed by atoms with E-state index in [0.29, 0.717) is 15.6 Å². The van der Waals surface area contributed by atoms with E-state index in [1.165, 1.54) is 6.07 Å². The van der Waals surface area contributed by atoms with E-state index >= 15 is 0 Å². The molecule has 4 rings (SSSR count). The number of amides is 1. The average molecular weight is 459 g/mol. The second kappa shape index (κ2) is 6.63. The lowest BCUT2D eigenvalue weighted by Crippen LogP contribution is -2.52. The van der Waals surface area contributed by atoms with Crippen molar-refractivity contribution in [1.82, 2.24) is 4.90 Å². The number of hydrogen-bond acceptors (Lipinski definition) is 2. The summed E-state index contributed by atoms with van der Waals surface area (Å²) in [4.78, 5) is 12.8. The predicted octanol–water partition coefficient (Wildman–Crippen LogP) is 5.16. The highest BCUT2D eigenvalue weighted by Gasteiger charge is 2.55. The van der Waals surface area contributed by atoms with E-state index in [2.05, 4.69) is 15.9 Å². The maximum atomic E-state index is 14.2. The fraction of sp³-hybridized carbons (Fsp3) is 0.316. The SMILES string of the molecule is O=C(O)N1C[C@H](F)C[C@H]1C1(c2ccccc2)Cc2c(cc(F)c(Cl)c2Br)O1. The molecule has 1 unspecified atom stereocenters. The zero-order chi connectivity index (χ0) is 19.3. The molecule has 2 heterocycles. The number of halogens is 4. The van der Waals surface area contributed by atoms with Crippen LogP contribution in [0.15, 0.2) is 40.9 Å². The number of carbonyl (C=O) groups is 1. The molecular formula is C19H15BrClF2NO3. The minimum atomic E-state index is -1.29. The van der Waals surface area contributed by atoms with Gasteiger partial charge in [-0.3, -0.25) is 4.90 Å². The molecule has 0 spiro atoms. The Hall–Kier alpha value is -1.86. The summed E-state index contributed by atoms with van der Waals surface area (Å²) < 4.78 is 34.9. The molecule has 0 radical (unpaired) electrons. The fourth-order valence-corrected chi connectivity index (χ4v) is 4.75. The lowest BCUT2D eigenvalue weighted by molar-refractivity contribution is 0.00672. The van der Waals surface area contributed by atoms with Crippen molar-refractivity contribution in [3.05, 3.63) is 62.8 Å². The third-order valence-corrected chi connectivity index (χ3v) is 6.72. The molecule has 2 aromatic rings. The van der Waals surface area contributed by atoms with Crippen LogP contribution in [-0.4, -0.2) is 34.9 Å². The van der Waals surface area contributed by atoms with Gasteiger partial charge >= 0.3 is 6.09 Å². The Morgan fingerprint density at radius 1 is 1.37 bits per heavy atom. The Labute approximate surface area is 167 Å². The highest BCUT2D eigenvalue weighted by Crippen LogP contribution is 2.51. The minimum Gasteiger partial charge on any atom is -0.480 e. The molecule has 1 amide bonds. The van der Waals surface area contributed by atoms with Crippen LogP contribution in [0.1, 0.15) is 17.5 Å². The molecule has 0 aromatic heterocycles. The molecule has 0 saturated carbocycles. The van der Waals surface area contributed by atoms with Gasteiger partial charge in [0, 0.05) is 28.9 Å². The third kappa shape index (κ3) is 2.88. The molecule has 8 heteroatoms. The van der Waals surface area contributed by atoms with Crippen molar-refractivity contribution < 1.29 is 23.4 Å². The van der Waals surface area contributed by atoms with Crippen molar-refractivity contribution in [2.24, 2.45) is 0 Å². The zero-order valence-electron chi connectivity index (χ0n) is 14.0. The summed E-state index contributed by atoms with van der Waals surface area (Å²) in [7, 11) is 0. The van der Waals surface area contributed by atoms with Gasteiger partial charge in [0.05, 0.1) is 17.6 Å². The first kappa shape index (κ1) is 18.5. The quantitative estimate of drug-likeness (QED) is 0.632. The summed E-state index contributed by atoms with van der Waals surface area (Å²) >= 11 is 9.34. The van der Waals surface area contributed by atoms with E-state index in [0.717, 1.165) is 4.90 Å². The Kier molecular flexibility index (Phi) is 4.55. The van der Waals surface area contributed by atoms with Gasteiger partial charge < -0.3 is 9.84 Å². The van der Waals surface area contributed by atoms with Crippen molar-refractivity contribution in [3.63, 3.8) is 0 Å². The van der Waals surface area contributed by atoms with E-state index in [1.807, 2.05) is 18.2 Å². The summed E-state index contributed by atoms with van der Waals surface area (Å²) in [5.74, 6) is -0.365. The van der Waals surface area contributed by atoms with Crippen molar-refractivity contribution in [3.8, 4) is 5.75 Å². The molecule has 1 fully saturated rings. The molecule has 0 bridgehead atoms. The Balaban J connectivity index is 1.88. The van der Waals surface area contributed by atoms with Crippen molar-refractivity contribution in [2.75, 3.05) is 6.54 Å². The largest absolute Gasteiger partial charge is 0.480 e. The monoisotopic (exact) mass is 457 g/mol. The third-order valence-electron chi connectivity index (χ3n) is 5.25. The lowest BCUT2D eigenvalue weighted by Gasteiger charge is -2.38. The molecular weight excluding hydrogens is 444 g/mol. The van der Waals surface area contributed by atoms with E-state index in [4.69, 9.17) is 16.3 Å². The topological polar surface area (TPSA) is 49.8 Å². The molecule has 1 saturated heterocycles. The average Bonchev–Trinajstić information content (AvgIpc) is 3.23. The van der Waals surface area contributed by atoms with Crippen LogP contribution < -0.4 is 4.74 Å². The first-order valence-corrected chi connectivity index (χ1v) is 9.55. The van der Waals surface area contributed by atoms with Crippen LogP contribution in [0, 0.1) is 5.82 Å². The van der Waals surface area contributed by atoms with E-state index in [9.17, 15) is 18.7 Å². The van der Waals surface area contributed by atoms with Crippen LogP contribution in [0.2, 0.25) is 5.02 Å². The van der Waals surface area contributed by atoms with Crippen LogP contribution in [0.4, 0.5) is 13.6 Å². The first-order valence-electron chi connectivity index (χ1n) is 8.38. The molecule has 0 aliphatic carbocycles. The fourth-order valence-electron chi connectivity index (χ4n) is 4.06. The van der Waals surface area contributed by atoms with Gasteiger partial charge in [0.2, 0.25) is 0 Å². The summed E-state index contributed by atoms with van der Waals surface area (Å²) in [6.07, 6.45) is -2.25. The highest BCUT2D eigenvalue weighted by atomic mass is 79.9. The number of carboxylic acid groups (broad SMARTS) is 1. The Morgan fingerprint density at radius 3 is 2.74 bits per heavy atom. The Morgan fingerprint density at radius 2 is 2.07 bits per heavy atom. The number of alkyl halides is 1. The van der Waals surface area contributed by atoms with Gasteiger partial charge in [-0.25, -0.2) is 13.6 Å². The maximum Gasteiger partial charge on any atom is 0.407 e. The van der Waals surface area contributed by atoms with Gasteiger partial charge in [0.15, 0.2) is 5.60 Å². The zero-order valence-corrected chi connectivity index (χ0v) is 16.3. The van der Waals surface area contributed by atoms with Crippen molar-refractivity contribution >= 4 is 33.6 Å². The number of hydrogen-bond donors (Lipinski definition) is 1. The van der Waals surface area contributed by atoms with Gasteiger partial charge in [-0.1, -0.05) is 41.9 Å². The molecule has 1 N–H and O–H groups in total. The number of rotatable bonds is 2. The number of benzene rings is 2. The van der Waals surface area contributed by atoms with Gasteiger partial charge in [-0.15, -0.1) is 0 Å². The number of likely N-dealkylation sites (tertiary alicyclic amines) is 1. The predicted molar refractivity (Wildman–Crippen MR) is 99.6 cm³/mol. The summed E-state index contributed by atoms with van der Waals surface area (Å²) in [5, 5.41) is 9.53. The number of ether oxygens (including phenoxy) is 1.